The Hall–Kier alpha value is -1.04. The Bertz CT molecular complexity index is 213. The number of carbonyl (C=O) groups excluding carboxylic acids is 1. The second kappa shape index (κ2) is 4.86. The summed E-state index contributed by atoms with van der Waals surface area (Å²) < 4.78 is 0. The number of hydrogen-bond donors (Lipinski definition) is 0. The van der Waals surface area contributed by atoms with Crippen LogP contribution in [0.25, 0.3) is 0 Å². The zero-order chi connectivity index (χ0) is 9.68. The molecule has 0 heterocycles. The van der Waals surface area contributed by atoms with Gasteiger partial charge in [0.1, 0.15) is 0 Å². The molecule has 0 aromatic carbocycles. The smallest absolute Gasteiger partial charge is 0.219 e. The summed E-state index contributed by atoms with van der Waals surface area (Å²) in [5, 5.41) is 8.45. The van der Waals surface area contributed by atoms with Gasteiger partial charge in [0.05, 0.1) is 12.5 Å². The molecule has 13 heavy (non-hydrogen) atoms. The summed E-state index contributed by atoms with van der Waals surface area (Å²) in [5.74, 6) is 0.113. The maximum Gasteiger partial charge on any atom is 0.219 e. The molecule has 1 aliphatic rings. The number of nitrogens with zero attached hydrogens (tertiary/aromatic N) is 2. The van der Waals surface area contributed by atoms with Gasteiger partial charge in [-0.2, -0.15) is 5.26 Å². The fourth-order valence-corrected chi connectivity index (χ4v) is 1.98. The number of rotatable bonds is 3. The van der Waals surface area contributed by atoms with Gasteiger partial charge in [0.15, 0.2) is 0 Å². The van der Waals surface area contributed by atoms with E-state index in [1.807, 2.05) is 4.90 Å². The average Bonchev–Trinajstić information content (AvgIpc) is 2.57. The monoisotopic (exact) mass is 180 g/mol. The van der Waals surface area contributed by atoms with Crippen molar-refractivity contribution in [3.63, 3.8) is 0 Å². The SMILES string of the molecule is CC(=O)N(CCC#N)C1CCCC1. The molecule has 0 unspecified atom stereocenters. The molecule has 0 aromatic rings. The minimum atomic E-state index is 0.113. The maximum atomic E-state index is 11.3. The van der Waals surface area contributed by atoms with Crippen LogP contribution in [0.5, 0.6) is 0 Å². The Balaban J connectivity index is 2.46. The van der Waals surface area contributed by atoms with Crippen LogP contribution < -0.4 is 0 Å². The van der Waals surface area contributed by atoms with E-state index in [0.29, 0.717) is 19.0 Å². The van der Waals surface area contributed by atoms with E-state index < -0.39 is 0 Å². The molecule has 0 radical (unpaired) electrons. The van der Waals surface area contributed by atoms with Gasteiger partial charge >= 0.3 is 0 Å². The highest BCUT2D eigenvalue weighted by molar-refractivity contribution is 5.73. The van der Waals surface area contributed by atoms with Crippen molar-refractivity contribution in [3.8, 4) is 6.07 Å². The molecule has 0 atom stereocenters. The van der Waals surface area contributed by atoms with Crippen LogP contribution in [-0.4, -0.2) is 23.4 Å². The van der Waals surface area contributed by atoms with Gasteiger partial charge in [-0.25, -0.2) is 0 Å². The van der Waals surface area contributed by atoms with Crippen LogP contribution in [0.4, 0.5) is 0 Å². The van der Waals surface area contributed by atoms with Crippen molar-refractivity contribution in [2.24, 2.45) is 0 Å². The van der Waals surface area contributed by atoms with Gasteiger partial charge in [0.25, 0.3) is 0 Å². The van der Waals surface area contributed by atoms with Crippen molar-refractivity contribution in [1.29, 1.82) is 5.26 Å². The van der Waals surface area contributed by atoms with Crippen molar-refractivity contribution >= 4 is 5.91 Å². The minimum Gasteiger partial charge on any atom is -0.339 e. The zero-order valence-corrected chi connectivity index (χ0v) is 8.12. The summed E-state index contributed by atoms with van der Waals surface area (Å²) in [6.45, 7) is 2.20. The van der Waals surface area contributed by atoms with E-state index in [1.54, 1.807) is 6.92 Å². The highest BCUT2D eigenvalue weighted by Crippen LogP contribution is 2.23. The molecule has 0 aromatic heterocycles. The first-order chi connectivity index (χ1) is 6.25. The van der Waals surface area contributed by atoms with Crippen LogP contribution in [0.3, 0.4) is 0 Å². The number of hydrogen-bond acceptors (Lipinski definition) is 2. The van der Waals surface area contributed by atoms with Gasteiger partial charge in [-0.3, -0.25) is 4.79 Å². The Labute approximate surface area is 79.3 Å². The number of carbonyl (C=O) groups is 1. The second-order valence-electron chi connectivity index (χ2n) is 3.56. The third kappa shape index (κ3) is 2.73. The summed E-state index contributed by atoms with van der Waals surface area (Å²) in [6.07, 6.45) is 5.13. The Morgan fingerprint density at radius 2 is 2.15 bits per heavy atom. The summed E-state index contributed by atoms with van der Waals surface area (Å²) in [6, 6.07) is 2.49. The van der Waals surface area contributed by atoms with Crippen LogP contribution in [0, 0.1) is 11.3 Å². The van der Waals surface area contributed by atoms with Crippen LogP contribution in [0.15, 0.2) is 0 Å². The predicted octanol–water partition coefficient (Wildman–Crippen LogP) is 1.69. The van der Waals surface area contributed by atoms with Crippen LogP contribution in [0.2, 0.25) is 0 Å². The molecule has 1 saturated carbocycles. The molecule has 3 heteroatoms. The van der Waals surface area contributed by atoms with E-state index in [9.17, 15) is 4.79 Å². The molecule has 72 valence electrons. The third-order valence-corrected chi connectivity index (χ3v) is 2.63. The van der Waals surface area contributed by atoms with Crippen LogP contribution >= 0.6 is 0 Å². The van der Waals surface area contributed by atoms with E-state index in [2.05, 4.69) is 6.07 Å². The first-order valence-corrected chi connectivity index (χ1v) is 4.90. The van der Waals surface area contributed by atoms with E-state index in [0.717, 1.165) is 12.8 Å². The fourth-order valence-electron chi connectivity index (χ4n) is 1.98. The lowest BCUT2D eigenvalue weighted by Gasteiger charge is -2.26. The molecule has 0 bridgehead atoms. The number of nitriles is 1. The molecule has 1 amide bonds. The molecule has 3 nitrogen and oxygen atoms in total. The predicted molar refractivity (Wildman–Crippen MR) is 49.9 cm³/mol. The van der Waals surface area contributed by atoms with Crippen molar-refractivity contribution in [2.75, 3.05) is 6.54 Å². The lowest BCUT2D eigenvalue weighted by atomic mass is 10.2. The van der Waals surface area contributed by atoms with E-state index in [-0.39, 0.29) is 5.91 Å². The molecule has 1 aliphatic carbocycles. The summed E-state index contributed by atoms with van der Waals surface area (Å²) >= 11 is 0. The zero-order valence-electron chi connectivity index (χ0n) is 8.12. The normalized spacial score (nSPS) is 16.9. The quantitative estimate of drug-likeness (QED) is 0.663. The molecule has 0 saturated heterocycles. The average molecular weight is 180 g/mol. The van der Waals surface area contributed by atoms with Gasteiger partial charge < -0.3 is 4.90 Å². The summed E-state index contributed by atoms with van der Waals surface area (Å²) in [7, 11) is 0. The van der Waals surface area contributed by atoms with Crippen molar-refractivity contribution in [1.82, 2.24) is 4.90 Å². The molecular weight excluding hydrogens is 164 g/mol. The lowest BCUT2D eigenvalue weighted by Crippen LogP contribution is -2.37. The van der Waals surface area contributed by atoms with Gasteiger partial charge in [-0.15, -0.1) is 0 Å². The standard InChI is InChI=1S/C10H16N2O/c1-9(13)12(8-4-7-11)10-5-2-3-6-10/h10H,2-6,8H2,1H3. The third-order valence-electron chi connectivity index (χ3n) is 2.63. The molecule has 0 N–H and O–H groups in total. The second-order valence-corrected chi connectivity index (χ2v) is 3.56. The van der Waals surface area contributed by atoms with Crippen molar-refractivity contribution in [3.05, 3.63) is 0 Å². The lowest BCUT2D eigenvalue weighted by molar-refractivity contribution is -0.130. The fraction of sp³-hybridized carbons (Fsp3) is 0.800. The minimum absolute atomic E-state index is 0.113. The maximum absolute atomic E-state index is 11.3. The molecular formula is C10H16N2O. The Kier molecular flexibility index (Phi) is 3.75. The number of amides is 1. The molecule has 1 fully saturated rings. The topological polar surface area (TPSA) is 44.1 Å². The summed E-state index contributed by atoms with van der Waals surface area (Å²) in [4.78, 5) is 13.1. The van der Waals surface area contributed by atoms with E-state index in [1.165, 1.54) is 12.8 Å². The highest BCUT2D eigenvalue weighted by Gasteiger charge is 2.23. The van der Waals surface area contributed by atoms with Crippen molar-refractivity contribution in [2.45, 2.75) is 45.1 Å². The first-order valence-electron chi connectivity index (χ1n) is 4.90. The van der Waals surface area contributed by atoms with E-state index >= 15 is 0 Å². The van der Waals surface area contributed by atoms with Crippen LogP contribution in [-0.2, 0) is 4.79 Å². The van der Waals surface area contributed by atoms with Crippen molar-refractivity contribution < 1.29 is 4.79 Å². The molecule has 1 rings (SSSR count). The molecule has 0 spiro atoms. The Morgan fingerprint density at radius 3 is 2.62 bits per heavy atom. The van der Waals surface area contributed by atoms with Gasteiger partial charge in [-0.1, -0.05) is 12.8 Å². The Morgan fingerprint density at radius 1 is 1.54 bits per heavy atom. The molecule has 0 aliphatic heterocycles. The van der Waals surface area contributed by atoms with Gasteiger partial charge in [0.2, 0.25) is 5.91 Å². The highest BCUT2D eigenvalue weighted by atomic mass is 16.2. The first kappa shape index (κ1) is 10.0. The largest absolute Gasteiger partial charge is 0.339 e. The van der Waals surface area contributed by atoms with E-state index in [4.69, 9.17) is 5.26 Å². The summed E-state index contributed by atoms with van der Waals surface area (Å²) in [5.41, 5.74) is 0. The van der Waals surface area contributed by atoms with Crippen LogP contribution in [0.1, 0.15) is 39.0 Å². The van der Waals surface area contributed by atoms with Gasteiger partial charge in [0, 0.05) is 19.5 Å². The van der Waals surface area contributed by atoms with Gasteiger partial charge in [-0.05, 0) is 12.8 Å².